The molecular formula is C8H14FN5. The van der Waals surface area contributed by atoms with Gasteiger partial charge in [0.1, 0.15) is 0 Å². The van der Waals surface area contributed by atoms with Crippen molar-refractivity contribution in [2.24, 2.45) is 13.0 Å². The molecule has 2 rings (SSSR count). The van der Waals surface area contributed by atoms with Crippen molar-refractivity contribution >= 4 is 0 Å². The van der Waals surface area contributed by atoms with Crippen LogP contribution in [-0.2, 0) is 7.05 Å². The Balaban J connectivity index is 2.03. The van der Waals surface area contributed by atoms with Crippen LogP contribution in [0.3, 0.4) is 0 Å². The van der Waals surface area contributed by atoms with Crippen LogP contribution in [0.2, 0.25) is 0 Å². The number of hydrogen-bond acceptors (Lipinski definition) is 4. The van der Waals surface area contributed by atoms with E-state index in [0.717, 1.165) is 19.4 Å². The van der Waals surface area contributed by atoms with E-state index in [1.807, 2.05) is 0 Å². The highest BCUT2D eigenvalue weighted by molar-refractivity contribution is 4.90. The molecule has 1 saturated heterocycles. The summed E-state index contributed by atoms with van der Waals surface area (Å²) in [4.78, 5) is 1.29. The zero-order valence-electron chi connectivity index (χ0n) is 8.15. The molecule has 1 fully saturated rings. The van der Waals surface area contributed by atoms with Gasteiger partial charge in [-0.2, -0.15) is 4.80 Å². The number of nitrogens with one attached hydrogen (secondary N) is 1. The summed E-state index contributed by atoms with van der Waals surface area (Å²) in [6.07, 6.45) is 0.828. The summed E-state index contributed by atoms with van der Waals surface area (Å²) < 4.78 is 13.8. The molecule has 6 heteroatoms. The van der Waals surface area contributed by atoms with Gasteiger partial charge in [-0.1, -0.05) is 0 Å². The summed E-state index contributed by atoms with van der Waals surface area (Å²) in [5, 5.41) is 14.4. The van der Waals surface area contributed by atoms with Crippen molar-refractivity contribution in [2.45, 2.75) is 19.0 Å². The van der Waals surface area contributed by atoms with Gasteiger partial charge in [-0.15, -0.1) is 10.2 Å². The average molecular weight is 199 g/mol. The van der Waals surface area contributed by atoms with Gasteiger partial charge in [-0.3, -0.25) is 0 Å². The number of piperidine rings is 1. The van der Waals surface area contributed by atoms with E-state index in [4.69, 9.17) is 0 Å². The SMILES string of the molecule is Cn1nnc(C(F)C2CCCNC2)n1. The third-order valence-corrected chi connectivity index (χ3v) is 2.52. The zero-order chi connectivity index (χ0) is 9.97. The van der Waals surface area contributed by atoms with E-state index >= 15 is 0 Å². The minimum Gasteiger partial charge on any atom is -0.316 e. The molecule has 1 aliphatic heterocycles. The fourth-order valence-corrected chi connectivity index (χ4v) is 1.75. The van der Waals surface area contributed by atoms with Gasteiger partial charge in [0.2, 0.25) is 5.82 Å². The molecule has 1 aromatic heterocycles. The van der Waals surface area contributed by atoms with E-state index < -0.39 is 6.17 Å². The first-order chi connectivity index (χ1) is 6.77. The first-order valence-electron chi connectivity index (χ1n) is 4.86. The predicted molar refractivity (Wildman–Crippen MR) is 48.2 cm³/mol. The molecule has 2 unspecified atom stereocenters. The lowest BCUT2D eigenvalue weighted by Gasteiger charge is -2.23. The van der Waals surface area contributed by atoms with Gasteiger partial charge < -0.3 is 5.32 Å². The van der Waals surface area contributed by atoms with Crippen molar-refractivity contribution in [3.63, 3.8) is 0 Å². The van der Waals surface area contributed by atoms with Gasteiger partial charge in [0.15, 0.2) is 6.17 Å². The van der Waals surface area contributed by atoms with Crippen LogP contribution in [0.5, 0.6) is 0 Å². The standard InChI is InChI=1S/C8H14FN5/c1-14-12-8(11-13-14)7(9)6-3-2-4-10-5-6/h6-7,10H,2-5H2,1H3. The maximum atomic E-state index is 13.8. The molecule has 0 aliphatic carbocycles. The fourth-order valence-electron chi connectivity index (χ4n) is 1.75. The lowest BCUT2D eigenvalue weighted by Crippen LogP contribution is -2.32. The first-order valence-corrected chi connectivity index (χ1v) is 4.86. The van der Waals surface area contributed by atoms with Crippen molar-refractivity contribution in [3.05, 3.63) is 5.82 Å². The number of rotatable bonds is 2. The largest absolute Gasteiger partial charge is 0.316 e. The highest BCUT2D eigenvalue weighted by atomic mass is 19.1. The Bertz CT molecular complexity index is 294. The number of aromatic nitrogens is 4. The Morgan fingerprint density at radius 3 is 3.07 bits per heavy atom. The number of nitrogens with zero attached hydrogens (tertiary/aromatic N) is 4. The van der Waals surface area contributed by atoms with E-state index in [9.17, 15) is 4.39 Å². The van der Waals surface area contributed by atoms with Crippen molar-refractivity contribution in [2.75, 3.05) is 13.1 Å². The molecule has 0 spiro atoms. The average Bonchev–Trinajstić information content (AvgIpc) is 2.65. The number of hydrogen-bond donors (Lipinski definition) is 1. The van der Waals surface area contributed by atoms with Gasteiger partial charge in [-0.25, -0.2) is 4.39 Å². The van der Waals surface area contributed by atoms with Crippen LogP contribution in [0.1, 0.15) is 24.8 Å². The molecule has 0 radical (unpaired) electrons. The lowest BCUT2D eigenvalue weighted by molar-refractivity contribution is 0.185. The second kappa shape index (κ2) is 4.00. The first kappa shape index (κ1) is 9.51. The fraction of sp³-hybridized carbons (Fsp3) is 0.875. The zero-order valence-corrected chi connectivity index (χ0v) is 8.15. The van der Waals surface area contributed by atoms with E-state index in [-0.39, 0.29) is 11.7 Å². The summed E-state index contributed by atoms with van der Waals surface area (Å²) in [5.74, 6) is 0.203. The van der Waals surface area contributed by atoms with Gasteiger partial charge in [-0.05, 0) is 24.6 Å². The summed E-state index contributed by atoms with van der Waals surface area (Å²) in [6.45, 7) is 1.69. The van der Waals surface area contributed by atoms with Gasteiger partial charge >= 0.3 is 0 Å². The van der Waals surface area contributed by atoms with Crippen LogP contribution in [0.15, 0.2) is 0 Å². The molecule has 2 atom stereocenters. The van der Waals surface area contributed by atoms with Crippen LogP contribution in [-0.4, -0.2) is 33.3 Å². The third-order valence-electron chi connectivity index (χ3n) is 2.52. The maximum absolute atomic E-state index is 13.8. The Labute approximate surface area is 81.7 Å². The van der Waals surface area contributed by atoms with E-state index in [2.05, 4.69) is 20.7 Å². The van der Waals surface area contributed by atoms with Crippen molar-refractivity contribution in [1.29, 1.82) is 0 Å². The highest BCUT2D eigenvalue weighted by Crippen LogP contribution is 2.27. The number of aryl methyl sites for hydroxylation is 1. The lowest BCUT2D eigenvalue weighted by atomic mass is 9.94. The minimum absolute atomic E-state index is 0.00653. The molecule has 1 aromatic rings. The van der Waals surface area contributed by atoms with E-state index in [1.54, 1.807) is 7.05 Å². The molecule has 5 nitrogen and oxygen atoms in total. The minimum atomic E-state index is -1.09. The smallest absolute Gasteiger partial charge is 0.209 e. The van der Waals surface area contributed by atoms with Gasteiger partial charge in [0, 0.05) is 12.5 Å². The van der Waals surface area contributed by atoms with Crippen LogP contribution in [0.4, 0.5) is 4.39 Å². The predicted octanol–water partition coefficient (Wildman–Crippen LogP) is 0.220. The molecule has 78 valence electrons. The van der Waals surface area contributed by atoms with Crippen molar-refractivity contribution < 1.29 is 4.39 Å². The molecule has 0 amide bonds. The normalized spacial score (nSPS) is 24.9. The Morgan fingerprint density at radius 1 is 1.64 bits per heavy atom. The topological polar surface area (TPSA) is 55.6 Å². The second-order valence-electron chi connectivity index (χ2n) is 3.65. The summed E-state index contributed by atoms with van der Waals surface area (Å²) in [5.41, 5.74) is 0. The Kier molecular flexibility index (Phi) is 2.72. The number of tetrazole rings is 1. The molecule has 2 heterocycles. The van der Waals surface area contributed by atoms with E-state index in [1.165, 1.54) is 4.80 Å². The third kappa shape index (κ3) is 1.89. The van der Waals surface area contributed by atoms with Crippen LogP contribution in [0, 0.1) is 5.92 Å². The van der Waals surface area contributed by atoms with E-state index in [0.29, 0.717) is 6.54 Å². The van der Waals surface area contributed by atoms with Crippen LogP contribution < -0.4 is 5.32 Å². The summed E-state index contributed by atoms with van der Waals surface area (Å²) >= 11 is 0. The van der Waals surface area contributed by atoms with Crippen LogP contribution >= 0.6 is 0 Å². The monoisotopic (exact) mass is 199 g/mol. The molecule has 0 bridgehead atoms. The quantitative estimate of drug-likeness (QED) is 0.740. The molecule has 1 N–H and O–H groups in total. The highest BCUT2D eigenvalue weighted by Gasteiger charge is 2.27. The Morgan fingerprint density at radius 2 is 2.50 bits per heavy atom. The molecule has 1 aliphatic rings. The number of halogens is 1. The summed E-state index contributed by atoms with van der Waals surface area (Å²) in [7, 11) is 1.64. The maximum Gasteiger partial charge on any atom is 0.209 e. The number of alkyl halides is 1. The molecule has 14 heavy (non-hydrogen) atoms. The summed E-state index contributed by atoms with van der Waals surface area (Å²) in [6, 6.07) is 0. The van der Waals surface area contributed by atoms with Gasteiger partial charge in [0.25, 0.3) is 0 Å². The molecule has 0 saturated carbocycles. The molecular weight excluding hydrogens is 185 g/mol. The molecule has 0 aromatic carbocycles. The van der Waals surface area contributed by atoms with Crippen molar-refractivity contribution in [3.8, 4) is 0 Å². The van der Waals surface area contributed by atoms with Crippen molar-refractivity contribution in [1.82, 2.24) is 25.5 Å². The second-order valence-corrected chi connectivity index (χ2v) is 3.65. The Hall–Kier alpha value is -1.04. The van der Waals surface area contributed by atoms with Crippen LogP contribution in [0.25, 0.3) is 0 Å². The van der Waals surface area contributed by atoms with Gasteiger partial charge in [0.05, 0.1) is 7.05 Å².